The molecule has 0 unspecified atom stereocenters. The zero-order chi connectivity index (χ0) is 15.0. The highest BCUT2D eigenvalue weighted by Gasteiger charge is 2.17. The van der Waals surface area contributed by atoms with E-state index in [2.05, 4.69) is 15.3 Å². The van der Waals surface area contributed by atoms with E-state index in [0.29, 0.717) is 11.5 Å². The Balaban J connectivity index is 2.18. The van der Waals surface area contributed by atoms with Crippen LogP contribution in [0.2, 0.25) is 0 Å². The number of nitrogens with zero attached hydrogens (tertiary/aromatic N) is 5. The van der Waals surface area contributed by atoms with Crippen LogP contribution in [0.4, 0.5) is 0 Å². The van der Waals surface area contributed by atoms with Crippen LogP contribution in [0.25, 0.3) is 17.1 Å². The maximum atomic E-state index is 11.2. The second-order valence-electron chi connectivity index (χ2n) is 4.73. The molecule has 0 radical (unpaired) electrons. The first-order valence-corrected chi connectivity index (χ1v) is 6.31. The molecule has 0 saturated carbocycles. The molecule has 7 nitrogen and oxygen atoms in total. The number of carbonyl (C=O) groups is 1. The number of carboxylic acids is 1. The Hall–Kier alpha value is -2.96. The Bertz CT molecular complexity index is 801. The minimum atomic E-state index is -1.08. The molecule has 21 heavy (non-hydrogen) atoms. The predicted octanol–water partition coefficient (Wildman–Crippen LogP) is 1.67. The van der Waals surface area contributed by atoms with Crippen LogP contribution in [0.5, 0.6) is 0 Å². The highest BCUT2D eigenvalue weighted by atomic mass is 16.4. The summed E-state index contributed by atoms with van der Waals surface area (Å²) in [7, 11) is 1.90. The lowest BCUT2D eigenvalue weighted by Crippen LogP contribution is -2.05. The molecule has 7 heteroatoms. The normalized spacial score (nSPS) is 10.8. The van der Waals surface area contributed by atoms with Gasteiger partial charge in [-0.2, -0.15) is 10.2 Å². The second-order valence-corrected chi connectivity index (χ2v) is 4.73. The van der Waals surface area contributed by atoms with Gasteiger partial charge in [0.15, 0.2) is 11.5 Å². The topological polar surface area (TPSA) is 85.8 Å². The molecule has 0 spiro atoms. The summed E-state index contributed by atoms with van der Waals surface area (Å²) < 4.78 is 3.37. The van der Waals surface area contributed by atoms with Crippen LogP contribution >= 0.6 is 0 Å². The van der Waals surface area contributed by atoms with E-state index in [1.54, 1.807) is 12.1 Å². The van der Waals surface area contributed by atoms with Crippen molar-refractivity contribution in [2.75, 3.05) is 0 Å². The lowest BCUT2D eigenvalue weighted by atomic mass is 10.2. The molecule has 0 aliphatic carbocycles. The summed E-state index contributed by atoms with van der Waals surface area (Å²) in [5.74, 6) is -0.599. The number of rotatable bonds is 3. The largest absolute Gasteiger partial charge is 0.476 e. The Labute approximate surface area is 120 Å². The third-order valence-electron chi connectivity index (χ3n) is 3.06. The SMILES string of the molecule is Cc1ccc(-n2nc(C(=O)O)cc2-c2ccn(C)c2)nn1. The van der Waals surface area contributed by atoms with Gasteiger partial charge < -0.3 is 9.67 Å². The molecule has 1 N–H and O–H groups in total. The van der Waals surface area contributed by atoms with E-state index in [0.717, 1.165) is 11.3 Å². The third-order valence-corrected chi connectivity index (χ3v) is 3.06. The summed E-state index contributed by atoms with van der Waals surface area (Å²) in [6, 6.07) is 6.98. The Morgan fingerprint density at radius 2 is 2.05 bits per heavy atom. The van der Waals surface area contributed by atoms with Gasteiger partial charge in [0.1, 0.15) is 0 Å². The van der Waals surface area contributed by atoms with Crippen LogP contribution in [0.15, 0.2) is 36.7 Å². The van der Waals surface area contributed by atoms with Crippen LogP contribution < -0.4 is 0 Å². The van der Waals surface area contributed by atoms with Gasteiger partial charge in [-0.1, -0.05) is 0 Å². The third kappa shape index (κ3) is 2.40. The Morgan fingerprint density at radius 1 is 1.24 bits per heavy atom. The van der Waals surface area contributed by atoms with Crippen molar-refractivity contribution < 1.29 is 9.90 Å². The van der Waals surface area contributed by atoms with E-state index < -0.39 is 5.97 Å². The lowest BCUT2D eigenvalue weighted by molar-refractivity contribution is 0.0690. The van der Waals surface area contributed by atoms with E-state index in [-0.39, 0.29) is 5.69 Å². The van der Waals surface area contributed by atoms with Crippen molar-refractivity contribution in [3.63, 3.8) is 0 Å². The Morgan fingerprint density at radius 3 is 2.62 bits per heavy atom. The van der Waals surface area contributed by atoms with Gasteiger partial charge in [0, 0.05) is 25.0 Å². The highest BCUT2D eigenvalue weighted by molar-refractivity contribution is 5.87. The molecule has 3 aromatic heterocycles. The van der Waals surface area contributed by atoms with Gasteiger partial charge in [0.2, 0.25) is 0 Å². The maximum Gasteiger partial charge on any atom is 0.356 e. The number of aromatic carboxylic acids is 1. The fourth-order valence-corrected chi connectivity index (χ4v) is 2.03. The Kier molecular flexibility index (Phi) is 3.02. The van der Waals surface area contributed by atoms with Crippen molar-refractivity contribution in [2.24, 2.45) is 7.05 Å². The first-order valence-electron chi connectivity index (χ1n) is 6.31. The number of hydrogen-bond acceptors (Lipinski definition) is 4. The van der Waals surface area contributed by atoms with Crippen molar-refractivity contribution in [2.45, 2.75) is 6.92 Å². The van der Waals surface area contributed by atoms with Gasteiger partial charge in [-0.25, -0.2) is 9.48 Å². The monoisotopic (exact) mass is 283 g/mol. The van der Waals surface area contributed by atoms with Crippen molar-refractivity contribution >= 4 is 5.97 Å². The van der Waals surface area contributed by atoms with Crippen molar-refractivity contribution in [3.05, 3.63) is 48.0 Å². The summed E-state index contributed by atoms with van der Waals surface area (Å²) in [5.41, 5.74) is 2.27. The van der Waals surface area contributed by atoms with Crippen LogP contribution in [-0.2, 0) is 7.05 Å². The van der Waals surface area contributed by atoms with Gasteiger partial charge in [-0.15, -0.1) is 5.10 Å². The van der Waals surface area contributed by atoms with Gasteiger partial charge in [-0.3, -0.25) is 0 Å². The molecule has 106 valence electrons. The predicted molar refractivity (Wildman–Crippen MR) is 75.3 cm³/mol. The molecule has 3 aromatic rings. The lowest BCUT2D eigenvalue weighted by Gasteiger charge is -2.04. The molecular formula is C14H13N5O2. The number of aromatic nitrogens is 5. The smallest absolute Gasteiger partial charge is 0.356 e. The van der Waals surface area contributed by atoms with E-state index in [4.69, 9.17) is 5.11 Å². The van der Waals surface area contributed by atoms with Gasteiger partial charge in [0.25, 0.3) is 0 Å². The molecule has 0 aliphatic rings. The zero-order valence-electron chi connectivity index (χ0n) is 11.6. The molecule has 0 fully saturated rings. The van der Waals surface area contributed by atoms with Gasteiger partial charge >= 0.3 is 5.97 Å². The molecule has 0 aliphatic heterocycles. The fraction of sp³-hybridized carbons (Fsp3) is 0.143. The first-order chi connectivity index (χ1) is 10.0. The van der Waals surface area contributed by atoms with Gasteiger partial charge in [0.05, 0.1) is 11.4 Å². The second kappa shape index (κ2) is 4.86. The average molecular weight is 283 g/mol. The molecule has 0 saturated heterocycles. The number of carboxylic acid groups (broad SMARTS) is 1. The highest BCUT2D eigenvalue weighted by Crippen LogP contribution is 2.23. The summed E-state index contributed by atoms with van der Waals surface area (Å²) in [5, 5.41) is 21.3. The van der Waals surface area contributed by atoms with Crippen LogP contribution in [-0.4, -0.2) is 35.6 Å². The van der Waals surface area contributed by atoms with E-state index >= 15 is 0 Å². The van der Waals surface area contributed by atoms with Gasteiger partial charge in [-0.05, 0) is 31.2 Å². The molecule has 3 rings (SSSR count). The summed E-state index contributed by atoms with van der Waals surface area (Å²) >= 11 is 0. The zero-order valence-corrected chi connectivity index (χ0v) is 11.6. The fourth-order valence-electron chi connectivity index (χ4n) is 2.03. The molecule has 0 atom stereocenters. The first kappa shape index (κ1) is 13.0. The van der Waals surface area contributed by atoms with Crippen LogP contribution in [0, 0.1) is 6.92 Å². The quantitative estimate of drug-likeness (QED) is 0.790. The van der Waals surface area contributed by atoms with E-state index in [1.807, 2.05) is 37.0 Å². The van der Waals surface area contributed by atoms with Crippen LogP contribution in [0.3, 0.4) is 0 Å². The molecule has 0 bridgehead atoms. The minimum absolute atomic E-state index is 0.0313. The molecule has 0 amide bonds. The van der Waals surface area contributed by atoms with Crippen LogP contribution in [0.1, 0.15) is 16.2 Å². The molecular weight excluding hydrogens is 270 g/mol. The standard InChI is InChI=1S/C14H13N5O2/c1-9-3-4-13(16-15-9)19-12(7-11(17-19)14(20)21)10-5-6-18(2)8-10/h3-8H,1-2H3,(H,20,21). The average Bonchev–Trinajstić information content (AvgIpc) is 3.05. The van der Waals surface area contributed by atoms with Crippen molar-refractivity contribution in [3.8, 4) is 17.1 Å². The summed E-state index contributed by atoms with van der Waals surface area (Å²) in [6.45, 7) is 1.83. The molecule has 3 heterocycles. The maximum absolute atomic E-state index is 11.2. The summed E-state index contributed by atoms with van der Waals surface area (Å²) in [6.07, 6.45) is 3.77. The van der Waals surface area contributed by atoms with E-state index in [1.165, 1.54) is 10.7 Å². The van der Waals surface area contributed by atoms with E-state index in [9.17, 15) is 4.79 Å². The van der Waals surface area contributed by atoms with Crippen molar-refractivity contribution in [1.29, 1.82) is 0 Å². The summed E-state index contributed by atoms with van der Waals surface area (Å²) in [4.78, 5) is 11.2. The number of hydrogen-bond donors (Lipinski definition) is 1. The van der Waals surface area contributed by atoms with Crippen molar-refractivity contribution in [1.82, 2.24) is 24.5 Å². The minimum Gasteiger partial charge on any atom is -0.476 e. The number of aryl methyl sites for hydroxylation is 2. The molecule has 0 aromatic carbocycles.